The van der Waals surface area contributed by atoms with Crippen LogP contribution in [0.1, 0.15) is 33.6 Å². The quantitative estimate of drug-likeness (QED) is 0.379. The maximum absolute atomic E-state index is 5.51. The molecule has 0 unspecified atom stereocenters. The highest BCUT2D eigenvalue weighted by atomic mass is 79.9. The van der Waals surface area contributed by atoms with E-state index in [1.54, 1.807) is 0 Å². The molecule has 0 aromatic rings. The van der Waals surface area contributed by atoms with Gasteiger partial charge < -0.3 is 4.74 Å². The molecule has 0 atom stereocenters. The van der Waals surface area contributed by atoms with E-state index in [0.717, 1.165) is 30.9 Å². The molecule has 0 bridgehead atoms. The first-order valence-electron chi connectivity index (χ1n) is 4.96. The minimum Gasteiger partial charge on any atom is -0.381 e. The molecule has 0 saturated carbocycles. The third-order valence-corrected chi connectivity index (χ3v) is 2.23. The number of hydrogen-bond donors (Lipinski definition) is 0. The van der Waals surface area contributed by atoms with Gasteiger partial charge in [-0.05, 0) is 25.7 Å². The van der Waals surface area contributed by atoms with Crippen molar-refractivity contribution in [1.82, 2.24) is 0 Å². The first-order chi connectivity index (χ1) is 6.16. The highest BCUT2D eigenvalue weighted by Gasteiger charge is 1.94. The molecule has 0 aliphatic heterocycles. The zero-order valence-electron chi connectivity index (χ0n) is 8.98. The number of halogens is 1. The van der Waals surface area contributed by atoms with Crippen LogP contribution in [0.25, 0.3) is 0 Å². The van der Waals surface area contributed by atoms with Gasteiger partial charge >= 0.3 is 0 Å². The van der Waals surface area contributed by atoms with Crippen molar-refractivity contribution in [3.63, 3.8) is 0 Å². The van der Waals surface area contributed by atoms with Crippen LogP contribution in [0.4, 0.5) is 0 Å². The lowest BCUT2D eigenvalue weighted by Gasteiger charge is -2.06. The van der Waals surface area contributed by atoms with Gasteiger partial charge in [0, 0.05) is 11.9 Å². The van der Waals surface area contributed by atoms with Gasteiger partial charge in [0.1, 0.15) is 0 Å². The lowest BCUT2D eigenvalue weighted by Crippen LogP contribution is -2.00. The number of hydrogen-bond acceptors (Lipinski definition) is 1. The minimum absolute atomic E-state index is 0.749. The third-order valence-electron chi connectivity index (χ3n) is 1.91. The second-order valence-corrected chi connectivity index (χ2v) is 4.40. The standard InChI is InChI=1S/C11H21BrO/c1-10(2)5-8-13-9-6-11(3)4-7-12/h4,10H,5-9H2,1-3H3/b11-4+. The van der Waals surface area contributed by atoms with Crippen molar-refractivity contribution in [3.05, 3.63) is 11.6 Å². The molecule has 0 radical (unpaired) electrons. The molecule has 0 aliphatic carbocycles. The van der Waals surface area contributed by atoms with Crippen molar-refractivity contribution in [1.29, 1.82) is 0 Å². The average molecular weight is 249 g/mol. The average Bonchev–Trinajstić information content (AvgIpc) is 2.03. The number of alkyl halides is 1. The fraction of sp³-hybridized carbons (Fsp3) is 0.818. The van der Waals surface area contributed by atoms with Gasteiger partial charge in [0.05, 0.1) is 6.61 Å². The van der Waals surface area contributed by atoms with Crippen molar-refractivity contribution in [2.75, 3.05) is 18.5 Å². The number of allylic oxidation sites excluding steroid dienone is 1. The summed E-state index contributed by atoms with van der Waals surface area (Å²) in [5, 5.41) is 0.949. The first-order valence-corrected chi connectivity index (χ1v) is 6.08. The van der Waals surface area contributed by atoms with Crippen LogP contribution in [0.2, 0.25) is 0 Å². The lowest BCUT2D eigenvalue weighted by molar-refractivity contribution is 0.126. The molecule has 0 rings (SSSR count). The Morgan fingerprint density at radius 2 is 2.08 bits per heavy atom. The summed E-state index contributed by atoms with van der Waals surface area (Å²) in [6.45, 7) is 8.35. The van der Waals surface area contributed by atoms with E-state index in [9.17, 15) is 0 Å². The van der Waals surface area contributed by atoms with Gasteiger partial charge in [-0.2, -0.15) is 0 Å². The summed E-state index contributed by atoms with van der Waals surface area (Å²) in [4.78, 5) is 0. The van der Waals surface area contributed by atoms with E-state index in [-0.39, 0.29) is 0 Å². The predicted molar refractivity (Wildman–Crippen MR) is 62.4 cm³/mol. The van der Waals surface area contributed by atoms with E-state index < -0.39 is 0 Å². The Morgan fingerprint density at radius 1 is 1.38 bits per heavy atom. The zero-order valence-corrected chi connectivity index (χ0v) is 10.6. The SMILES string of the molecule is C/C(=C\CBr)CCOCCC(C)C. The van der Waals surface area contributed by atoms with Gasteiger partial charge in [0.25, 0.3) is 0 Å². The topological polar surface area (TPSA) is 9.23 Å². The van der Waals surface area contributed by atoms with Crippen LogP contribution < -0.4 is 0 Å². The fourth-order valence-electron chi connectivity index (χ4n) is 0.888. The van der Waals surface area contributed by atoms with Crippen LogP contribution in [0.5, 0.6) is 0 Å². The van der Waals surface area contributed by atoms with E-state index >= 15 is 0 Å². The van der Waals surface area contributed by atoms with Gasteiger partial charge in [-0.25, -0.2) is 0 Å². The van der Waals surface area contributed by atoms with Crippen LogP contribution in [0, 0.1) is 5.92 Å². The molecule has 0 saturated heterocycles. The van der Waals surface area contributed by atoms with Gasteiger partial charge in [-0.1, -0.05) is 41.4 Å². The maximum Gasteiger partial charge on any atom is 0.0503 e. The van der Waals surface area contributed by atoms with Crippen molar-refractivity contribution in [3.8, 4) is 0 Å². The van der Waals surface area contributed by atoms with Crippen molar-refractivity contribution in [2.24, 2.45) is 5.92 Å². The Kier molecular flexibility index (Phi) is 8.89. The maximum atomic E-state index is 5.51. The molecule has 0 N–H and O–H groups in total. The summed E-state index contributed by atoms with van der Waals surface area (Å²) in [6, 6.07) is 0. The Hall–Kier alpha value is 0.180. The second kappa shape index (κ2) is 8.76. The smallest absolute Gasteiger partial charge is 0.0503 e. The second-order valence-electron chi connectivity index (χ2n) is 3.75. The van der Waals surface area contributed by atoms with Crippen LogP contribution in [0.15, 0.2) is 11.6 Å². The van der Waals surface area contributed by atoms with Crippen LogP contribution in [-0.4, -0.2) is 18.5 Å². The molecule has 13 heavy (non-hydrogen) atoms. The Labute approximate surface area is 90.7 Å². The highest BCUT2D eigenvalue weighted by Crippen LogP contribution is 2.03. The molecular weight excluding hydrogens is 228 g/mol. The highest BCUT2D eigenvalue weighted by molar-refractivity contribution is 9.09. The summed E-state index contributed by atoms with van der Waals surface area (Å²) in [5.41, 5.74) is 1.40. The molecule has 0 aliphatic rings. The first kappa shape index (κ1) is 13.2. The Balaban J connectivity index is 3.21. The zero-order chi connectivity index (χ0) is 10.1. The van der Waals surface area contributed by atoms with Gasteiger partial charge in [0.15, 0.2) is 0 Å². The molecule has 0 aromatic heterocycles. The predicted octanol–water partition coefficient (Wildman–Crippen LogP) is 3.78. The monoisotopic (exact) mass is 248 g/mol. The molecule has 78 valence electrons. The van der Waals surface area contributed by atoms with Crippen molar-refractivity contribution in [2.45, 2.75) is 33.6 Å². The van der Waals surface area contributed by atoms with Crippen LogP contribution in [-0.2, 0) is 4.74 Å². The van der Waals surface area contributed by atoms with Crippen LogP contribution in [0.3, 0.4) is 0 Å². The molecule has 2 heteroatoms. The van der Waals surface area contributed by atoms with Gasteiger partial charge in [-0.3, -0.25) is 0 Å². The summed E-state index contributed by atoms with van der Waals surface area (Å²) in [6.07, 6.45) is 4.41. The van der Waals surface area contributed by atoms with Gasteiger partial charge in [-0.15, -0.1) is 0 Å². The molecule has 0 aromatic carbocycles. The normalized spacial score (nSPS) is 12.5. The van der Waals surface area contributed by atoms with Gasteiger partial charge in [0.2, 0.25) is 0 Å². The molecule has 0 heterocycles. The summed E-state index contributed by atoms with van der Waals surface area (Å²) < 4.78 is 5.51. The Morgan fingerprint density at radius 3 is 2.62 bits per heavy atom. The van der Waals surface area contributed by atoms with E-state index in [4.69, 9.17) is 4.74 Å². The molecule has 0 spiro atoms. The molecule has 0 fully saturated rings. The van der Waals surface area contributed by atoms with E-state index in [0.29, 0.717) is 0 Å². The van der Waals surface area contributed by atoms with Crippen molar-refractivity contribution >= 4 is 15.9 Å². The van der Waals surface area contributed by atoms with Crippen molar-refractivity contribution < 1.29 is 4.74 Å². The molecular formula is C11H21BrO. The molecule has 1 nitrogen and oxygen atoms in total. The van der Waals surface area contributed by atoms with Crippen LogP contribution >= 0.6 is 15.9 Å². The summed E-state index contributed by atoms with van der Waals surface area (Å²) in [7, 11) is 0. The van der Waals surface area contributed by atoms with E-state index in [1.165, 1.54) is 12.0 Å². The number of rotatable bonds is 7. The largest absolute Gasteiger partial charge is 0.381 e. The Bertz CT molecular complexity index is 141. The van der Waals surface area contributed by atoms with E-state index in [2.05, 4.69) is 42.8 Å². The number of ether oxygens (including phenoxy) is 1. The van der Waals surface area contributed by atoms with E-state index in [1.807, 2.05) is 0 Å². The summed E-state index contributed by atoms with van der Waals surface area (Å²) in [5.74, 6) is 0.749. The third kappa shape index (κ3) is 10.1. The molecule has 0 amide bonds. The lowest BCUT2D eigenvalue weighted by atomic mass is 10.1. The summed E-state index contributed by atoms with van der Waals surface area (Å²) >= 11 is 3.37. The fourth-order valence-corrected chi connectivity index (χ4v) is 1.44. The minimum atomic E-state index is 0.749.